The maximum absolute atomic E-state index is 12.5. The first kappa shape index (κ1) is 16.7. The summed E-state index contributed by atoms with van der Waals surface area (Å²) in [5.74, 6) is -1.60. The van der Waals surface area contributed by atoms with Crippen molar-refractivity contribution in [1.29, 1.82) is 0 Å². The van der Waals surface area contributed by atoms with E-state index in [0.29, 0.717) is 6.42 Å². The van der Waals surface area contributed by atoms with Gasteiger partial charge in [0.2, 0.25) is 0 Å². The highest BCUT2D eigenvalue weighted by atomic mass is 16.4. The zero-order chi connectivity index (χ0) is 17.1. The number of aryl methyl sites for hydroxylation is 3. The molecule has 2 N–H and O–H groups in total. The summed E-state index contributed by atoms with van der Waals surface area (Å²) in [6, 6.07) is 5.89. The second kappa shape index (κ2) is 6.64. The van der Waals surface area contributed by atoms with Crippen molar-refractivity contribution >= 4 is 11.9 Å². The molecule has 0 saturated carbocycles. The number of amides is 1. The molecule has 0 fully saturated rings. The lowest BCUT2D eigenvalue weighted by Gasteiger charge is -2.20. The molecule has 1 aromatic carbocycles. The Balaban J connectivity index is 2.31. The van der Waals surface area contributed by atoms with E-state index in [1.165, 1.54) is 10.9 Å². The fraction of sp³-hybridized carbons (Fsp3) is 0.353. The van der Waals surface area contributed by atoms with Crippen LogP contribution in [-0.4, -0.2) is 26.8 Å². The molecule has 0 radical (unpaired) electrons. The van der Waals surface area contributed by atoms with E-state index in [1.54, 1.807) is 7.05 Å². The predicted octanol–water partition coefficient (Wildman–Crippen LogP) is 2.62. The van der Waals surface area contributed by atoms with Gasteiger partial charge in [0.25, 0.3) is 5.91 Å². The van der Waals surface area contributed by atoms with Crippen LogP contribution in [0.1, 0.15) is 56.9 Å². The van der Waals surface area contributed by atoms with E-state index in [4.69, 9.17) is 0 Å². The third-order valence-electron chi connectivity index (χ3n) is 3.90. The second-order valence-electron chi connectivity index (χ2n) is 5.63. The Morgan fingerprint density at radius 3 is 2.61 bits per heavy atom. The molecule has 23 heavy (non-hydrogen) atoms. The second-order valence-corrected chi connectivity index (χ2v) is 5.63. The molecule has 1 heterocycles. The molecule has 2 aromatic rings. The van der Waals surface area contributed by atoms with Crippen molar-refractivity contribution in [2.75, 3.05) is 0 Å². The summed E-state index contributed by atoms with van der Waals surface area (Å²) in [5, 5.41) is 16.0. The molecule has 1 aromatic heterocycles. The first-order chi connectivity index (χ1) is 10.8. The van der Waals surface area contributed by atoms with E-state index in [2.05, 4.69) is 16.5 Å². The smallest absolute Gasteiger partial charge is 0.339 e. The standard InChI is InChI=1S/C17H21N3O3/c1-5-14(12-7-6-10(2)8-11(12)3)19-16(21)15-13(17(22)23)9-18-20(15)4/h6-9,14H,5H2,1-4H3,(H,19,21)(H,22,23)/t14-/m0/s1. The highest BCUT2D eigenvalue weighted by Crippen LogP contribution is 2.22. The third-order valence-corrected chi connectivity index (χ3v) is 3.90. The van der Waals surface area contributed by atoms with Crippen LogP contribution in [0.25, 0.3) is 0 Å². The average molecular weight is 315 g/mol. The number of carboxylic acid groups (broad SMARTS) is 1. The Morgan fingerprint density at radius 2 is 2.04 bits per heavy atom. The number of nitrogens with zero attached hydrogens (tertiary/aromatic N) is 2. The Kier molecular flexibility index (Phi) is 4.83. The van der Waals surface area contributed by atoms with Crippen LogP contribution in [0.15, 0.2) is 24.4 Å². The van der Waals surface area contributed by atoms with E-state index in [1.807, 2.05) is 32.9 Å². The Morgan fingerprint density at radius 1 is 1.35 bits per heavy atom. The summed E-state index contributed by atoms with van der Waals surface area (Å²) in [6.45, 7) is 6.00. The number of rotatable bonds is 5. The minimum atomic E-state index is -1.16. The first-order valence-corrected chi connectivity index (χ1v) is 7.48. The van der Waals surface area contributed by atoms with Crippen LogP contribution < -0.4 is 5.32 Å². The van der Waals surface area contributed by atoms with Crippen molar-refractivity contribution in [2.24, 2.45) is 7.05 Å². The highest BCUT2D eigenvalue weighted by Gasteiger charge is 2.24. The van der Waals surface area contributed by atoms with Gasteiger partial charge in [-0.05, 0) is 31.4 Å². The summed E-state index contributed by atoms with van der Waals surface area (Å²) < 4.78 is 1.29. The molecule has 1 amide bonds. The van der Waals surface area contributed by atoms with Gasteiger partial charge in [0.1, 0.15) is 11.3 Å². The number of nitrogens with one attached hydrogen (secondary N) is 1. The van der Waals surface area contributed by atoms with Crippen LogP contribution in [0.3, 0.4) is 0 Å². The molecular formula is C17H21N3O3. The minimum absolute atomic E-state index is 0.0562. The lowest BCUT2D eigenvalue weighted by molar-refractivity contribution is 0.0690. The molecule has 2 rings (SSSR count). The highest BCUT2D eigenvalue weighted by molar-refractivity contribution is 6.03. The number of hydrogen-bond donors (Lipinski definition) is 2. The van der Waals surface area contributed by atoms with Crippen LogP contribution >= 0.6 is 0 Å². The van der Waals surface area contributed by atoms with Gasteiger partial charge in [-0.1, -0.05) is 30.7 Å². The number of aromatic nitrogens is 2. The van der Waals surface area contributed by atoms with Crippen LogP contribution in [0.4, 0.5) is 0 Å². The van der Waals surface area contributed by atoms with Gasteiger partial charge in [-0.3, -0.25) is 9.48 Å². The molecule has 122 valence electrons. The summed E-state index contributed by atoms with van der Waals surface area (Å²) in [4.78, 5) is 23.8. The SMILES string of the molecule is CC[C@H](NC(=O)c1c(C(=O)O)cnn1C)c1ccc(C)cc1C. The van der Waals surface area contributed by atoms with E-state index in [-0.39, 0.29) is 17.3 Å². The third kappa shape index (κ3) is 3.41. The largest absolute Gasteiger partial charge is 0.478 e. The summed E-state index contributed by atoms with van der Waals surface area (Å²) in [7, 11) is 1.55. The van der Waals surface area contributed by atoms with Gasteiger partial charge < -0.3 is 10.4 Å². The molecule has 0 unspecified atom stereocenters. The lowest BCUT2D eigenvalue weighted by atomic mass is 9.97. The van der Waals surface area contributed by atoms with Crippen molar-refractivity contribution in [1.82, 2.24) is 15.1 Å². The topological polar surface area (TPSA) is 84.2 Å². The van der Waals surface area contributed by atoms with Gasteiger partial charge in [-0.2, -0.15) is 5.10 Å². The molecular weight excluding hydrogens is 294 g/mol. The Labute approximate surface area is 135 Å². The maximum atomic E-state index is 12.5. The van der Waals surface area contributed by atoms with E-state index >= 15 is 0 Å². The van der Waals surface area contributed by atoms with Crippen LogP contribution in [0, 0.1) is 13.8 Å². The molecule has 6 nitrogen and oxygen atoms in total. The van der Waals surface area contributed by atoms with Gasteiger partial charge in [0, 0.05) is 7.05 Å². The van der Waals surface area contributed by atoms with E-state index < -0.39 is 11.9 Å². The summed E-state index contributed by atoms with van der Waals surface area (Å²) in [5.41, 5.74) is 3.25. The molecule has 0 aliphatic carbocycles. The number of benzene rings is 1. The quantitative estimate of drug-likeness (QED) is 0.888. The predicted molar refractivity (Wildman–Crippen MR) is 86.6 cm³/mol. The van der Waals surface area contributed by atoms with Gasteiger partial charge in [0.05, 0.1) is 12.2 Å². The van der Waals surface area contributed by atoms with Crippen LogP contribution in [-0.2, 0) is 7.05 Å². The van der Waals surface area contributed by atoms with Gasteiger partial charge in [-0.25, -0.2) is 4.79 Å². The van der Waals surface area contributed by atoms with Crippen molar-refractivity contribution in [3.05, 3.63) is 52.3 Å². The fourth-order valence-corrected chi connectivity index (χ4v) is 2.71. The number of hydrogen-bond acceptors (Lipinski definition) is 3. The van der Waals surface area contributed by atoms with E-state index in [0.717, 1.165) is 16.7 Å². The van der Waals surface area contributed by atoms with Crippen molar-refractivity contribution in [3.8, 4) is 0 Å². The molecule has 0 bridgehead atoms. The maximum Gasteiger partial charge on any atom is 0.339 e. The molecule has 6 heteroatoms. The van der Waals surface area contributed by atoms with Crippen molar-refractivity contribution < 1.29 is 14.7 Å². The monoisotopic (exact) mass is 315 g/mol. The summed E-state index contributed by atoms with van der Waals surface area (Å²) in [6.07, 6.45) is 1.89. The minimum Gasteiger partial charge on any atom is -0.478 e. The van der Waals surface area contributed by atoms with Gasteiger partial charge in [-0.15, -0.1) is 0 Å². The molecule has 0 aliphatic heterocycles. The number of aromatic carboxylic acids is 1. The fourth-order valence-electron chi connectivity index (χ4n) is 2.71. The molecule has 0 aliphatic rings. The van der Waals surface area contributed by atoms with Gasteiger partial charge in [0.15, 0.2) is 0 Å². The van der Waals surface area contributed by atoms with Crippen LogP contribution in [0.2, 0.25) is 0 Å². The van der Waals surface area contributed by atoms with Gasteiger partial charge >= 0.3 is 5.97 Å². The number of carbonyl (C=O) groups is 2. The molecule has 1 atom stereocenters. The normalized spacial score (nSPS) is 12.0. The number of carbonyl (C=O) groups excluding carboxylic acids is 1. The van der Waals surface area contributed by atoms with Crippen molar-refractivity contribution in [2.45, 2.75) is 33.2 Å². The first-order valence-electron chi connectivity index (χ1n) is 7.48. The zero-order valence-corrected chi connectivity index (χ0v) is 13.8. The Bertz CT molecular complexity index is 750. The molecule has 0 spiro atoms. The summed E-state index contributed by atoms with van der Waals surface area (Å²) >= 11 is 0. The number of carboxylic acids is 1. The Hall–Kier alpha value is -2.63. The van der Waals surface area contributed by atoms with Crippen LogP contribution in [0.5, 0.6) is 0 Å². The zero-order valence-electron chi connectivity index (χ0n) is 13.8. The lowest BCUT2D eigenvalue weighted by Crippen LogP contribution is -2.31. The molecule has 0 saturated heterocycles. The van der Waals surface area contributed by atoms with E-state index in [9.17, 15) is 14.7 Å². The van der Waals surface area contributed by atoms with Crippen molar-refractivity contribution in [3.63, 3.8) is 0 Å². The average Bonchev–Trinajstić information content (AvgIpc) is 2.87.